The zero-order chi connectivity index (χ0) is 20.1. The fourth-order valence-corrected chi connectivity index (χ4v) is 3.59. The summed E-state index contributed by atoms with van der Waals surface area (Å²) in [5.74, 6) is -1.18. The Morgan fingerprint density at radius 3 is 2.00 bits per heavy atom. The van der Waals surface area contributed by atoms with Gasteiger partial charge in [0.25, 0.3) is 11.8 Å². The number of hydrogen-bond donors (Lipinski definition) is 1. The van der Waals surface area contributed by atoms with E-state index in [9.17, 15) is 14.4 Å². The van der Waals surface area contributed by atoms with Crippen molar-refractivity contribution in [2.75, 3.05) is 26.2 Å². The number of carbonyl (C=O) groups is 3. The first-order valence-electron chi connectivity index (χ1n) is 9.57. The molecule has 0 saturated carbocycles. The molecule has 0 radical (unpaired) electrons. The number of nitrogens with zero attached hydrogens (tertiary/aromatic N) is 2. The van der Waals surface area contributed by atoms with E-state index >= 15 is 0 Å². The maximum Gasteiger partial charge on any atom is 0.262 e. The van der Waals surface area contributed by atoms with Crippen LogP contribution in [0.3, 0.4) is 0 Å². The normalized spacial score (nSPS) is 14.3. The SMILES string of the molecule is CCN(CC)[C@@H](CNC(=O)CN1C(=O)c2ccccc2C1=O)c1ccccc1. The van der Waals surface area contributed by atoms with E-state index < -0.39 is 11.8 Å². The summed E-state index contributed by atoms with van der Waals surface area (Å²) in [4.78, 5) is 40.6. The van der Waals surface area contributed by atoms with Crippen molar-refractivity contribution in [3.8, 4) is 0 Å². The third-order valence-corrected chi connectivity index (χ3v) is 5.11. The highest BCUT2D eigenvalue weighted by Crippen LogP contribution is 2.22. The Morgan fingerprint density at radius 1 is 0.929 bits per heavy atom. The summed E-state index contributed by atoms with van der Waals surface area (Å²) in [6.45, 7) is 6.01. The maximum atomic E-state index is 12.5. The van der Waals surface area contributed by atoms with Crippen LogP contribution in [0.1, 0.15) is 46.2 Å². The third kappa shape index (κ3) is 3.97. The molecular weight excluding hydrogens is 354 g/mol. The van der Waals surface area contributed by atoms with Crippen LogP contribution in [0.2, 0.25) is 0 Å². The molecule has 2 aromatic rings. The van der Waals surface area contributed by atoms with E-state index in [1.165, 1.54) is 0 Å². The van der Waals surface area contributed by atoms with Crippen LogP contribution in [0.15, 0.2) is 54.6 Å². The van der Waals surface area contributed by atoms with Gasteiger partial charge in [-0.25, -0.2) is 0 Å². The Balaban J connectivity index is 1.66. The molecule has 0 saturated heterocycles. The molecule has 0 aliphatic carbocycles. The molecule has 1 aliphatic rings. The molecule has 1 atom stereocenters. The number of imide groups is 1. The van der Waals surface area contributed by atoms with Crippen LogP contribution >= 0.6 is 0 Å². The first kappa shape index (κ1) is 19.8. The lowest BCUT2D eigenvalue weighted by molar-refractivity contribution is -0.121. The predicted octanol–water partition coefficient (Wildman–Crippen LogP) is 2.48. The topological polar surface area (TPSA) is 69.7 Å². The second kappa shape index (κ2) is 8.80. The van der Waals surface area contributed by atoms with Crippen molar-refractivity contribution in [2.24, 2.45) is 0 Å². The number of nitrogens with one attached hydrogen (secondary N) is 1. The molecule has 0 spiro atoms. The van der Waals surface area contributed by atoms with Gasteiger partial charge in [0.2, 0.25) is 5.91 Å². The minimum absolute atomic E-state index is 0.0299. The molecule has 0 aromatic heterocycles. The van der Waals surface area contributed by atoms with Crippen molar-refractivity contribution in [1.82, 2.24) is 15.1 Å². The highest BCUT2D eigenvalue weighted by Gasteiger charge is 2.36. The van der Waals surface area contributed by atoms with Gasteiger partial charge in [-0.15, -0.1) is 0 Å². The van der Waals surface area contributed by atoms with Crippen LogP contribution in [-0.4, -0.2) is 53.7 Å². The molecule has 0 bridgehead atoms. The van der Waals surface area contributed by atoms with Crippen LogP contribution in [0, 0.1) is 0 Å². The van der Waals surface area contributed by atoms with E-state index in [4.69, 9.17) is 0 Å². The monoisotopic (exact) mass is 379 g/mol. The van der Waals surface area contributed by atoms with Crippen LogP contribution in [-0.2, 0) is 4.79 Å². The predicted molar refractivity (Wildman–Crippen MR) is 107 cm³/mol. The van der Waals surface area contributed by atoms with E-state index in [-0.39, 0.29) is 18.5 Å². The maximum absolute atomic E-state index is 12.5. The highest BCUT2D eigenvalue weighted by atomic mass is 16.2. The number of amides is 3. The molecule has 146 valence electrons. The van der Waals surface area contributed by atoms with Crippen LogP contribution in [0.5, 0.6) is 0 Å². The Kier molecular flexibility index (Phi) is 6.21. The van der Waals surface area contributed by atoms with Gasteiger partial charge < -0.3 is 5.32 Å². The van der Waals surface area contributed by atoms with Gasteiger partial charge in [0.15, 0.2) is 0 Å². The Labute approximate surface area is 165 Å². The molecule has 2 aromatic carbocycles. The van der Waals surface area contributed by atoms with E-state index in [1.807, 2.05) is 30.3 Å². The Bertz CT molecular complexity index is 827. The molecule has 3 amide bonds. The van der Waals surface area contributed by atoms with Gasteiger partial charge in [-0.2, -0.15) is 0 Å². The van der Waals surface area contributed by atoms with Crippen LogP contribution in [0.25, 0.3) is 0 Å². The fourth-order valence-electron chi connectivity index (χ4n) is 3.59. The van der Waals surface area contributed by atoms with Gasteiger partial charge in [-0.1, -0.05) is 56.3 Å². The van der Waals surface area contributed by atoms with Crippen LogP contribution in [0.4, 0.5) is 0 Å². The largest absolute Gasteiger partial charge is 0.353 e. The van der Waals surface area contributed by atoms with Gasteiger partial charge in [-0.3, -0.25) is 24.2 Å². The van der Waals surface area contributed by atoms with Crippen molar-refractivity contribution < 1.29 is 14.4 Å². The van der Waals surface area contributed by atoms with Gasteiger partial charge >= 0.3 is 0 Å². The van der Waals surface area contributed by atoms with Gasteiger partial charge in [0.05, 0.1) is 17.2 Å². The number of hydrogen-bond acceptors (Lipinski definition) is 4. The van der Waals surface area contributed by atoms with Crippen LogP contribution < -0.4 is 5.32 Å². The van der Waals surface area contributed by atoms with E-state index in [0.29, 0.717) is 17.7 Å². The molecule has 0 fully saturated rings. The molecule has 6 nitrogen and oxygen atoms in total. The number of fused-ring (bicyclic) bond motifs is 1. The average molecular weight is 379 g/mol. The van der Waals surface area contributed by atoms with Crippen molar-refractivity contribution in [2.45, 2.75) is 19.9 Å². The summed E-state index contributed by atoms with van der Waals surface area (Å²) in [6.07, 6.45) is 0. The highest BCUT2D eigenvalue weighted by molar-refractivity contribution is 6.22. The quantitative estimate of drug-likeness (QED) is 0.716. The average Bonchev–Trinajstić information content (AvgIpc) is 2.97. The third-order valence-electron chi connectivity index (χ3n) is 5.11. The van der Waals surface area contributed by atoms with E-state index in [1.54, 1.807) is 24.3 Å². The Hall–Kier alpha value is -2.99. The molecule has 3 rings (SSSR count). The fraction of sp³-hybridized carbons (Fsp3) is 0.318. The van der Waals surface area contributed by atoms with Crippen molar-refractivity contribution in [3.05, 3.63) is 71.3 Å². The lowest BCUT2D eigenvalue weighted by Crippen LogP contribution is -2.43. The number of carbonyl (C=O) groups excluding carboxylic acids is 3. The minimum atomic E-state index is -0.417. The molecule has 28 heavy (non-hydrogen) atoms. The molecule has 1 N–H and O–H groups in total. The summed E-state index contributed by atoms with van der Waals surface area (Å²) in [5.41, 5.74) is 1.82. The summed E-state index contributed by atoms with van der Waals surface area (Å²) >= 11 is 0. The zero-order valence-corrected chi connectivity index (χ0v) is 16.2. The second-order valence-corrected chi connectivity index (χ2v) is 6.69. The summed E-state index contributed by atoms with van der Waals surface area (Å²) in [7, 11) is 0. The van der Waals surface area contributed by atoms with E-state index in [2.05, 4.69) is 24.1 Å². The van der Waals surface area contributed by atoms with Gasteiger partial charge in [0, 0.05) is 6.54 Å². The lowest BCUT2D eigenvalue weighted by atomic mass is 10.1. The lowest BCUT2D eigenvalue weighted by Gasteiger charge is -2.30. The van der Waals surface area contributed by atoms with E-state index in [0.717, 1.165) is 23.6 Å². The number of rotatable bonds is 8. The van der Waals surface area contributed by atoms with Crippen molar-refractivity contribution >= 4 is 17.7 Å². The summed E-state index contributed by atoms with van der Waals surface area (Å²) in [6, 6.07) is 16.7. The molecule has 1 heterocycles. The summed E-state index contributed by atoms with van der Waals surface area (Å²) < 4.78 is 0. The number of likely N-dealkylation sites (N-methyl/N-ethyl adjacent to an activating group) is 1. The number of benzene rings is 2. The summed E-state index contributed by atoms with van der Waals surface area (Å²) in [5, 5.41) is 2.90. The molecule has 1 aliphatic heterocycles. The second-order valence-electron chi connectivity index (χ2n) is 6.69. The minimum Gasteiger partial charge on any atom is -0.353 e. The van der Waals surface area contributed by atoms with Crippen molar-refractivity contribution in [3.63, 3.8) is 0 Å². The Morgan fingerprint density at radius 2 is 1.46 bits per heavy atom. The molecular formula is C22H25N3O3. The first-order chi connectivity index (χ1) is 13.6. The zero-order valence-electron chi connectivity index (χ0n) is 16.2. The molecule has 0 unspecified atom stereocenters. The first-order valence-corrected chi connectivity index (χ1v) is 9.57. The molecule has 6 heteroatoms. The standard InChI is InChI=1S/C22H25N3O3/c1-3-24(4-2)19(16-10-6-5-7-11-16)14-23-20(26)15-25-21(27)17-12-8-9-13-18(17)22(25)28/h5-13,19H,3-4,14-15H2,1-2H3,(H,23,26)/t19-/m0/s1. The van der Waals surface area contributed by atoms with Gasteiger partial charge in [0.1, 0.15) is 6.54 Å². The smallest absolute Gasteiger partial charge is 0.262 e. The van der Waals surface area contributed by atoms with Gasteiger partial charge in [-0.05, 0) is 30.8 Å². The van der Waals surface area contributed by atoms with Crippen molar-refractivity contribution in [1.29, 1.82) is 0 Å².